The number of ether oxygens (including phenoxy) is 1. The van der Waals surface area contributed by atoms with E-state index in [1.807, 2.05) is 37.3 Å². The lowest BCUT2D eigenvalue weighted by Crippen LogP contribution is -2.25. The van der Waals surface area contributed by atoms with Gasteiger partial charge in [0.25, 0.3) is 5.56 Å². The van der Waals surface area contributed by atoms with Gasteiger partial charge in [-0.3, -0.25) is 4.79 Å². The second-order valence-corrected chi connectivity index (χ2v) is 4.32. The monoisotopic (exact) mass is 269 g/mol. The van der Waals surface area contributed by atoms with E-state index in [9.17, 15) is 4.79 Å². The zero-order valence-electron chi connectivity index (χ0n) is 11.5. The number of rotatable bonds is 4. The predicted octanol–water partition coefficient (Wildman–Crippen LogP) is 2.20. The third-order valence-electron chi connectivity index (χ3n) is 2.90. The Kier molecular flexibility index (Phi) is 4.16. The Morgan fingerprint density at radius 3 is 2.85 bits per heavy atom. The maximum absolute atomic E-state index is 11.9. The number of aryl methyl sites for hydroxylation is 1. The van der Waals surface area contributed by atoms with Crippen LogP contribution < -0.4 is 10.3 Å². The van der Waals surface area contributed by atoms with E-state index in [0.29, 0.717) is 18.0 Å². The molecule has 0 amide bonds. The minimum Gasteiger partial charge on any atom is -0.497 e. The van der Waals surface area contributed by atoms with Crippen molar-refractivity contribution in [1.82, 2.24) is 9.78 Å². The third kappa shape index (κ3) is 2.69. The van der Waals surface area contributed by atoms with Crippen LogP contribution in [-0.2, 0) is 6.54 Å². The van der Waals surface area contributed by atoms with Crippen molar-refractivity contribution >= 4 is 0 Å². The van der Waals surface area contributed by atoms with Gasteiger partial charge < -0.3 is 4.74 Å². The summed E-state index contributed by atoms with van der Waals surface area (Å²) in [4.78, 5) is 11.9. The van der Waals surface area contributed by atoms with Gasteiger partial charge >= 0.3 is 0 Å². The van der Waals surface area contributed by atoms with Crippen molar-refractivity contribution in [3.8, 4) is 23.1 Å². The first kappa shape index (κ1) is 13.8. The summed E-state index contributed by atoms with van der Waals surface area (Å²) in [5.74, 6) is 0.705. The Hall–Kier alpha value is -2.61. The molecule has 0 fully saturated rings. The van der Waals surface area contributed by atoms with Crippen LogP contribution in [0.3, 0.4) is 0 Å². The molecular formula is C15H15N3O2. The lowest BCUT2D eigenvalue weighted by Gasteiger charge is -2.08. The minimum absolute atomic E-state index is 0.103. The zero-order chi connectivity index (χ0) is 14.5. The molecule has 0 saturated heterocycles. The van der Waals surface area contributed by atoms with E-state index < -0.39 is 0 Å². The molecule has 2 aromatic rings. The van der Waals surface area contributed by atoms with Crippen molar-refractivity contribution in [1.29, 1.82) is 5.26 Å². The molecule has 0 radical (unpaired) electrons. The highest BCUT2D eigenvalue weighted by molar-refractivity contribution is 5.62. The molecule has 0 aliphatic rings. The Morgan fingerprint density at radius 2 is 2.20 bits per heavy atom. The highest BCUT2D eigenvalue weighted by Gasteiger charge is 2.09. The normalized spacial score (nSPS) is 10.1. The summed E-state index contributed by atoms with van der Waals surface area (Å²) in [5.41, 5.74) is 1.16. The highest BCUT2D eigenvalue weighted by Crippen LogP contribution is 2.21. The molecule has 5 heteroatoms. The second kappa shape index (κ2) is 6.02. The summed E-state index contributed by atoms with van der Waals surface area (Å²) in [6.45, 7) is 2.45. The number of methoxy groups -OCH3 is 1. The summed E-state index contributed by atoms with van der Waals surface area (Å²) >= 11 is 0. The number of hydrogen-bond donors (Lipinski definition) is 0. The molecule has 1 aromatic carbocycles. The van der Waals surface area contributed by atoms with Crippen LogP contribution in [0.25, 0.3) is 11.3 Å². The van der Waals surface area contributed by atoms with Crippen LogP contribution in [0, 0.1) is 11.3 Å². The van der Waals surface area contributed by atoms with Crippen LogP contribution >= 0.6 is 0 Å². The van der Waals surface area contributed by atoms with E-state index in [2.05, 4.69) is 5.10 Å². The van der Waals surface area contributed by atoms with E-state index in [4.69, 9.17) is 10.00 Å². The van der Waals surface area contributed by atoms with Crippen LogP contribution in [0.4, 0.5) is 0 Å². The van der Waals surface area contributed by atoms with Crippen LogP contribution in [-0.4, -0.2) is 16.9 Å². The Balaban J connectivity index is 2.59. The smallest absolute Gasteiger partial charge is 0.284 e. The molecule has 1 heterocycles. The summed E-state index contributed by atoms with van der Waals surface area (Å²) in [6.07, 6.45) is 0.777. The molecule has 20 heavy (non-hydrogen) atoms. The SMILES string of the molecule is CCCn1nc(-c2cccc(OC)c2)cc(C#N)c1=O. The van der Waals surface area contributed by atoms with Gasteiger partial charge in [0, 0.05) is 12.1 Å². The lowest BCUT2D eigenvalue weighted by molar-refractivity contribution is 0.415. The van der Waals surface area contributed by atoms with Crippen molar-refractivity contribution in [2.45, 2.75) is 19.9 Å². The Labute approximate surface area is 117 Å². The average Bonchev–Trinajstić information content (AvgIpc) is 2.49. The lowest BCUT2D eigenvalue weighted by atomic mass is 10.1. The van der Waals surface area contributed by atoms with Gasteiger partial charge in [-0.1, -0.05) is 19.1 Å². The number of aromatic nitrogens is 2. The van der Waals surface area contributed by atoms with Crippen molar-refractivity contribution in [3.05, 3.63) is 46.2 Å². The van der Waals surface area contributed by atoms with E-state index >= 15 is 0 Å². The predicted molar refractivity (Wildman–Crippen MR) is 75.5 cm³/mol. The fourth-order valence-corrected chi connectivity index (χ4v) is 1.91. The Bertz CT molecular complexity index is 714. The Morgan fingerprint density at radius 1 is 1.40 bits per heavy atom. The van der Waals surface area contributed by atoms with Crippen molar-refractivity contribution in [3.63, 3.8) is 0 Å². The average molecular weight is 269 g/mol. The van der Waals surface area contributed by atoms with E-state index in [1.54, 1.807) is 7.11 Å². The van der Waals surface area contributed by atoms with Gasteiger partial charge in [0.15, 0.2) is 0 Å². The van der Waals surface area contributed by atoms with Gasteiger partial charge in [0.05, 0.1) is 12.8 Å². The third-order valence-corrected chi connectivity index (χ3v) is 2.90. The summed E-state index contributed by atoms with van der Waals surface area (Å²) in [7, 11) is 1.59. The summed E-state index contributed by atoms with van der Waals surface area (Å²) in [5, 5.41) is 13.4. The van der Waals surface area contributed by atoms with Crippen LogP contribution in [0.5, 0.6) is 5.75 Å². The second-order valence-electron chi connectivity index (χ2n) is 4.32. The molecular weight excluding hydrogens is 254 g/mol. The summed E-state index contributed by atoms with van der Waals surface area (Å²) in [6, 6.07) is 10.8. The van der Waals surface area contributed by atoms with Gasteiger partial charge in [0.1, 0.15) is 17.4 Å². The number of hydrogen-bond acceptors (Lipinski definition) is 4. The first-order chi connectivity index (χ1) is 9.69. The maximum Gasteiger partial charge on any atom is 0.284 e. The molecule has 0 saturated carbocycles. The molecule has 0 N–H and O–H groups in total. The highest BCUT2D eigenvalue weighted by atomic mass is 16.5. The molecule has 5 nitrogen and oxygen atoms in total. The quantitative estimate of drug-likeness (QED) is 0.853. The fourth-order valence-electron chi connectivity index (χ4n) is 1.91. The zero-order valence-corrected chi connectivity index (χ0v) is 11.5. The van der Waals surface area contributed by atoms with Crippen molar-refractivity contribution in [2.75, 3.05) is 7.11 Å². The standard InChI is InChI=1S/C15H15N3O2/c1-3-7-18-15(19)12(10-16)9-14(17-18)11-5-4-6-13(8-11)20-2/h4-6,8-9H,3,7H2,1-2H3. The fraction of sp³-hybridized carbons (Fsp3) is 0.267. The maximum atomic E-state index is 11.9. The topological polar surface area (TPSA) is 67.9 Å². The molecule has 0 spiro atoms. The molecule has 0 unspecified atom stereocenters. The first-order valence-electron chi connectivity index (χ1n) is 6.36. The minimum atomic E-state index is -0.346. The molecule has 1 aromatic heterocycles. The molecule has 102 valence electrons. The number of nitrogens with zero attached hydrogens (tertiary/aromatic N) is 3. The van der Waals surface area contributed by atoms with Crippen LogP contribution in [0.2, 0.25) is 0 Å². The van der Waals surface area contributed by atoms with E-state index in [1.165, 1.54) is 10.7 Å². The van der Waals surface area contributed by atoms with E-state index in [0.717, 1.165) is 12.0 Å². The van der Waals surface area contributed by atoms with Gasteiger partial charge in [0.2, 0.25) is 0 Å². The van der Waals surface area contributed by atoms with Gasteiger partial charge in [-0.15, -0.1) is 0 Å². The van der Waals surface area contributed by atoms with Gasteiger partial charge in [-0.2, -0.15) is 10.4 Å². The molecule has 0 bridgehead atoms. The molecule has 0 aliphatic heterocycles. The molecule has 0 aliphatic carbocycles. The van der Waals surface area contributed by atoms with E-state index in [-0.39, 0.29) is 11.1 Å². The molecule has 0 atom stereocenters. The first-order valence-corrected chi connectivity index (χ1v) is 6.36. The largest absolute Gasteiger partial charge is 0.497 e. The van der Waals surface area contributed by atoms with Crippen molar-refractivity contribution < 1.29 is 4.74 Å². The van der Waals surface area contributed by atoms with Gasteiger partial charge in [-0.25, -0.2) is 4.68 Å². The van der Waals surface area contributed by atoms with Crippen LogP contribution in [0.1, 0.15) is 18.9 Å². The van der Waals surface area contributed by atoms with Crippen LogP contribution in [0.15, 0.2) is 35.1 Å². The number of nitriles is 1. The summed E-state index contributed by atoms with van der Waals surface area (Å²) < 4.78 is 6.51. The van der Waals surface area contributed by atoms with Gasteiger partial charge in [-0.05, 0) is 24.6 Å². The molecule has 2 rings (SSSR count). The number of benzene rings is 1. The van der Waals surface area contributed by atoms with Crippen molar-refractivity contribution in [2.24, 2.45) is 0 Å².